The van der Waals surface area contributed by atoms with Crippen LogP contribution in [-0.4, -0.2) is 97.5 Å². The van der Waals surface area contributed by atoms with Crippen molar-refractivity contribution in [3.8, 4) is 0 Å². The summed E-state index contributed by atoms with van der Waals surface area (Å²) in [5.74, 6) is 0.677. The fraction of sp³-hybridized carbons (Fsp3) is 0.444. The molecular weight excluding hydrogens is 498 g/mol. The Morgan fingerprint density at radius 2 is 1.97 bits per heavy atom. The van der Waals surface area contributed by atoms with Crippen LogP contribution < -0.4 is 20.9 Å². The number of carbonyl (C=O) groups is 1. The van der Waals surface area contributed by atoms with Crippen molar-refractivity contribution in [3.63, 3.8) is 0 Å². The third-order valence-corrected chi connectivity index (χ3v) is 7.83. The number of amides is 1. The molecule has 12 nitrogen and oxygen atoms in total. The van der Waals surface area contributed by atoms with Crippen molar-refractivity contribution in [2.45, 2.75) is 18.4 Å². The van der Waals surface area contributed by atoms with Crippen molar-refractivity contribution in [2.75, 3.05) is 75.1 Å². The zero-order chi connectivity index (χ0) is 27.0. The third kappa shape index (κ3) is 4.70. The summed E-state index contributed by atoms with van der Waals surface area (Å²) >= 11 is 0. The van der Waals surface area contributed by atoms with Crippen LogP contribution in [0.5, 0.6) is 0 Å². The predicted octanol–water partition coefficient (Wildman–Crippen LogP) is 1.99. The van der Waals surface area contributed by atoms with Crippen LogP contribution in [0.4, 0.5) is 17.7 Å². The topological polar surface area (TPSA) is 138 Å². The van der Waals surface area contributed by atoms with Crippen molar-refractivity contribution in [1.82, 2.24) is 19.9 Å². The first-order valence-electron chi connectivity index (χ1n) is 13.2. The summed E-state index contributed by atoms with van der Waals surface area (Å²) in [6, 6.07) is 7.60. The van der Waals surface area contributed by atoms with E-state index in [1.807, 2.05) is 17.0 Å². The zero-order valence-electron chi connectivity index (χ0n) is 22.3. The first kappa shape index (κ1) is 25.3. The Labute approximate surface area is 226 Å². The quantitative estimate of drug-likeness (QED) is 0.454. The molecular formula is C27H33N9O3. The minimum Gasteiger partial charge on any atom is -0.422 e. The van der Waals surface area contributed by atoms with Gasteiger partial charge in [0.15, 0.2) is 5.58 Å². The minimum absolute atomic E-state index is 0.134. The van der Waals surface area contributed by atoms with E-state index in [-0.39, 0.29) is 11.4 Å². The number of aromatic nitrogens is 3. The second-order valence-corrected chi connectivity index (χ2v) is 10.3. The number of ether oxygens (including phenoxy) is 1. The van der Waals surface area contributed by atoms with Crippen molar-refractivity contribution < 1.29 is 13.9 Å². The molecule has 3 aliphatic rings. The molecule has 0 atom stereocenters. The lowest BCUT2D eigenvalue weighted by Crippen LogP contribution is -2.67. The average molecular weight is 532 g/mol. The number of fused-ring (bicyclic) bond motifs is 1. The largest absolute Gasteiger partial charge is 0.422 e. The van der Waals surface area contributed by atoms with E-state index in [4.69, 9.17) is 19.9 Å². The number of morpholine rings is 1. The summed E-state index contributed by atoms with van der Waals surface area (Å²) < 4.78 is 11.5. The normalized spacial score (nSPS) is 19.8. The van der Waals surface area contributed by atoms with E-state index in [0.29, 0.717) is 72.0 Å². The fourth-order valence-corrected chi connectivity index (χ4v) is 5.61. The van der Waals surface area contributed by atoms with E-state index in [2.05, 4.69) is 37.1 Å². The van der Waals surface area contributed by atoms with Gasteiger partial charge < -0.3 is 30.0 Å². The van der Waals surface area contributed by atoms with Crippen LogP contribution in [0.15, 0.2) is 39.9 Å². The van der Waals surface area contributed by atoms with Crippen LogP contribution in [0.3, 0.4) is 0 Å². The number of rotatable bonds is 6. The molecule has 3 aromatic heterocycles. The molecule has 0 unspecified atom stereocenters. The molecule has 0 radical (unpaired) electrons. The number of likely N-dealkylation sites (tertiary alicyclic amines) is 1. The van der Waals surface area contributed by atoms with Gasteiger partial charge in [-0.25, -0.2) is 9.97 Å². The summed E-state index contributed by atoms with van der Waals surface area (Å²) in [4.78, 5) is 38.4. The maximum atomic E-state index is 13.7. The summed E-state index contributed by atoms with van der Waals surface area (Å²) in [5, 5.41) is 2.94. The molecule has 6 heterocycles. The first-order chi connectivity index (χ1) is 19.0. The Morgan fingerprint density at radius 3 is 2.69 bits per heavy atom. The van der Waals surface area contributed by atoms with Crippen LogP contribution >= 0.6 is 0 Å². The van der Waals surface area contributed by atoms with E-state index >= 15 is 0 Å². The van der Waals surface area contributed by atoms with Gasteiger partial charge in [-0.3, -0.25) is 14.7 Å². The van der Waals surface area contributed by atoms with Gasteiger partial charge in [0, 0.05) is 57.3 Å². The number of oxazole rings is 1. The number of nitrogens with zero attached hydrogens (tertiary/aromatic N) is 7. The number of hydrogen-bond acceptors (Lipinski definition) is 11. The second-order valence-electron chi connectivity index (χ2n) is 10.3. The summed E-state index contributed by atoms with van der Waals surface area (Å²) in [5.41, 5.74) is 8.51. The maximum Gasteiger partial charge on any atom is 0.300 e. The van der Waals surface area contributed by atoms with Crippen molar-refractivity contribution in [1.29, 1.82) is 0 Å². The molecule has 3 aromatic rings. The van der Waals surface area contributed by atoms with Crippen molar-refractivity contribution in [2.24, 2.45) is 10.7 Å². The summed E-state index contributed by atoms with van der Waals surface area (Å²) in [6.07, 6.45) is 5.39. The molecule has 0 aromatic carbocycles. The van der Waals surface area contributed by atoms with Crippen LogP contribution in [0, 0.1) is 0 Å². The van der Waals surface area contributed by atoms with Gasteiger partial charge in [0.05, 0.1) is 30.0 Å². The third-order valence-electron chi connectivity index (χ3n) is 7.83. The molecule has 39 heavy (non-hydrogen) atoms. The number of nitrogens with two attached hydrogens (primary N) is 1. The van der Waals surface area contributed by atoms with Gasteiger partial charge in [-0.2, -0.15) is 4.98 Å². The Hall–Kier alpha value is -4.03. The number of anilines is 3. The molecule has 0 bridgehead atoms. The minimum atomic E-state index is -0.323. The Morgan fingerprint density at radius 1 is 1.15 bits per heavy atom. The lowest BCUT2D eigenvalue weighted by Gasteiger charge is -2.52. The lowest BCUT2D eigenvalue weighted by atomic mass is 9.87. The molecule has 1 amide bonds. The number of carbonyl (C=O) groups excluding carboxylic acids is 1. The molecule has 3 N–H and O–H groups in total. The Kier molecular flexibility index (Phi) is 6.65. The van der Waals surface area contributed by atoms with Gasteiger partial charge >= 0.3 is 0 Å². The number of aliphatic imine (C=N–C) groups is 1. The molecule has 204 valence electrons. The molecule has 0 saturated carbocycles. The van der Waals surface area contributed by atoms with Gasteiger partial charge in [-0.1, -0.05) is 6.07 Å². The van der Waals surface area contributed by atoms with E-state index < -0.39 is 0 Å². The molecule has 3 saturated heterocycles. The number of allylic oxidation sites excluding steroid dienone is 1. The summed E-state index contributed by atoms with van der Waals surface area (Å²) in [6.45, 7) is 5.33. The van der Waals surface area contributed by atoms with Crippen LogP contribution in [-0.2, 0) is 4.74 Å². The Bertz CT molecular complexity index is 1440. The molecule has 3 aliphatic heterocycles. The van der Waals surface area contributed by atoms with Gasteiger partial charge in [0.1, 0.15) is 11.6 Å². The van der Waals surface area contributed by atoms with E-state index in [1.165, 1.54) is 12.6 Å². The van der Waals surface area contributed by atoms with Crippen molar-refractivity contribution in [3.05, 3.63) is 41.7 Å². The molecule has 1 spiro atoms. The summed E-state index contributed by atoms with van der Waals surface area (Å²) in [7, 11) is 3.84. The van der Waals surface area contributed by atoms with E-state index in [9.17, 15) is 4.79 Å². The highest BCUT2D eigenvalue weighted by Crippen LogP contribution is 2.40. The monoisotopic (exact) mass is 531 g/mol. The standard InChI is InChI=1S/C27H33N9O3/c1-29-15-18(14-28)20-5-3-6-22(30-20)31-25(37)19-13-21-23(33-26(39-21)35-9-11-38-12-10-35)32-24(19)36-16-27(17-36)7-4-8-34(27)2/h3,5-6,13-15H,4,7-12,16-17,28H2,1-2H3,(H,30,31,37). The highest BCUT2D eigenvalue weighted by Gasteiger charge is 2.49. The Balaban J connectivity index is 1.33. The number of pyridine rings is 2. The number of likely N-dealkylation sites (N-methyl/N-ethyl adjacent to an activating group) is 1. The van der Waals surface area contributed by atoms with Crippen molar-refractivity contribution >= 4 is 46.6 Å². The number of hydrogen-bond donors (Lipinski definition) is 2. The van der Waals surface area contributed by atoms with E-state index in [1.54, 1.807) is 25.4 Å². The number of nitrogens with one attached hydrogen (secondary N) is 1. The predicted molar refractivity (Wildman–Crippen MR) is 150 cm³/mol. The molecule has 12 heteroatoms. The lowest BCUT2D eigenvalue weighted by molar-refractivity contribution is 0.102. The SMILES string of the molecule is CN=CC(=CN)c1cccc(NC(=O)c2cc3oc(N4CCOCC4)nc3nc2N2CC3(CCCN3C)C2)n1. The molecule has 6 rings (SSSR count). The zero-order valence-corrected chi connectivity index (χ0v) is 22.3. The molecule has 0 aliphatic carbocycles. The van der Waals surface area contributed by atoms with Crippen LogP contribution in [0.2, 0.25) is 0 Å². The van der Waals surface area contributed by atoms with Crippen LogP contribution in [0.1, 0.15) is 28.9 Å². The highest BCUT2D eigenvalue weighted by molar-refractivity contribution is 6.10. The maximum absolute atomic E-state index is 13.7. The van der Waals surface area contributed by atoms with E-state index in [0.717, 1.165) is 26.1 Å². The van der Waals surface area contributed by atoms with Gasteiger partial charge in [-0.15, -0.1) is 0 Å². The van der Waals surface area contributed by atoms with Crippen LogP contribution in [0.25, 0.3) is 16.8 Å². The highest BCUT2D eigenvalue weighted by atomic mass is 16.5. The van der Waals surface area contributed by atoms with Gasteiger partial charge in [0.25, 0.3) is 11.9 Å². The van der Waals surface area contributed by atoms with Gasteiger partial charge in [0.2, 0.25) is 5.65 Å². The molecule has 3 fully saturated rings. The first-order valence-corrected chi connectivity index (χ1v) is 13.2. The van der Waals surface area contributed by atoms with Gasteiger partial charge in [-0.05, 0) is 38.6 Å². The fourth-order valence-electron chi connectivity index (χ4n) is 5.61. The second kappa shape index (κ2) is 10.3. The smallest absolute Gasteiger partial charge is 0.300 e. The average Bonchev–Trinajstić information content (AvgIpc) is 3.54.